The van der Waals surface area contributed by atoms with Crippen molar-refractivity contribution in [2.75, 3.05) is 17.7 Å². The molecule has 0 amide bonds. The Kier molecular flexibility index (Phi) is 3.96. The van der Waals surface area contributed by atoms with E-state index in [0.717, 1.165) is 16.8 Å². The van der Waals surface area contributed by atoms with E-state index in [1.54, 1.807) is 24.6 Å². The maximum Gasteiger partial charge on any atom is 0.224 e. The van der Waals surface area contributed by atoms with Crippen LogP contribution < -0.4 is 10.6 Å². The van der Waals surface area contributed by atoms with Crippen molar-refractivity contribution in [2.45, 2.75) is 13.5 Å². The lowest BCUT2D eigenvalue weighted by Gasteiger charge is -2.07. The Morgan fingerprint density at radius 3 is 2.88 bits per heavy atom. The van der Waals surface area contributed by atoms with Crippen molar-refractivity contribution in [3.8, 4) is 0 Å². The molecule has 0 spiro atoms. The molecule has 0 bridgehead atoms. The molecule has 0 saturated heterocycles. The van der Waals surface area contributed by atoms with Crippen LogP contribution in [0.1, 0.15) is 9.75 Å². The largest absolute Gasteiger partial charge is 0.364 e. The molecule has 0 saturated carbocycles. The van der Waals surface area contributed by atoms with Crippen molar-refractivity contribution < 1.29 is 0 Å². The van der Waals surface area contributed by atoms with Crippen LogP contribution in [0.4, 0.5) is 11.8 Å². The number of anilines is 2. The summed E-state index contributed by atoms with van der Waals surface area (Å²) in [5.74, 6) is 1.41. The van der Waals surface area contributed by atoms with Gasteiger partial charge in [0.1, 0.15) is 5.82 Å². The quantitative estimate of drug-likeness (QED) is 0.909. The molecule has 2 rings (SSSR count). The van der Waals surface area contributed by atoms with Crippen LogP contribution >= 0.6 is 27.3 Å². The molecule has 4 nitrogen and oxygen atoms in total. The van der Waals surface area contributed by atoms with Crippen molar-refractivity contribution in [1.82, 2.24) is 9.97 Å². The third kappa shape index (κ3) is 3.17. The van der Waals surface area contributed by atoms with Crippen molar-refractivity contribution in [3.63, 3.8) is 0 Å². The highest BCUT2D eigenvalue weighted by molar-refractivity contribution is 9.10. The van der Waals surface area contributed by atoms with Crippen LogP contribution in [0.3, 0.4) is 0 Å². The van der Waals surface area contributed by atoms with Gasteiger partial charge in [0.2, 0.25) is 5.95 Å². The van der Waals surface area contributed by atoms with Crippen LogP contribution in [0.5, 0.6) is 0 Å². The third-order valence-corrected chi connectivity index (χ3v) is 3.77. The molecule has 0 unspecified atom stereocenters. The summed E-state index contributed by atoms with van der Waals surface area (Å²) in [4.78, 5) is 11.1. The highest BCUT2D eigenvalue weighted by atomic mass is 79.9. The van der Waals surface area contributed by atoms with Crippen LogP contribution in [-0.2, 0) is 6.54 Å². The second-order valence-corrected chi connectivity index (χ2v) is 5.73. The lowest BCUT2D eigenvalue weighted by molar-refractivity contribution is 1.08. The Hall–Kier alpha value is -1.14. The first-order valence-corrected chi connectivity index (χ1v) is 6.79. The van der Waals surface area contributed by atoms with Gasteiger partial charge in [0.05, 0.1) is 11.0 Å². The maximum atomic E-state index is 4.34. The normalized spacial score (nSPS) is 10.3. The SMILES string of the molecule is CNc1ncc(Br)c(NCc2ccc(C)s2)n1. The first-order valence-electron chi connectivity index (χ1n) is 5.18. The summed E-state index contributed by atoms with van der Waals surface area (Å²) in [6.45, 7) is 2.88. The van der Waals surface area contributed by atoms with Crippen LogP contribution in [-0.4, -0.2) is 17.0 Å². The fraction of sp³-hybridized carbons (Fsp3) is 0.273. The van der Waals surface area contributed by atoms with E-state index >= 15 is 0 Å². The van der Waals surface area contributed by atoms with Gasteiger partial charge in [-0.15, -0.1) is 11.3 Å². The fourth-order valence-corrected chi connectivity index (χ4v) is 2.52. The molecule has 0 atom stereocenters. The Morgan fingerprint density at radius 2 is 2.24 bits per heavy atom. The van der Waals surface area contributed by atoms with Crippen LogP contribution in [0.25, 0.3) is 0 Å². The Labute approximate surface area is 113 Å². The molecule has 2 aromatic rings. The van der Waals surface area contributed by atoms with Gasteiger partial charge in [0.25, 0.3) is 0 Å². The summed E-state index contributed by atoms with van der Waals surface area (Å²) in [6, 6.07) is 4.25. The molecule has 0 fully saturated rings. The highest BCUT2D eigenvalue weighted by Crippen LogP contribution is 2.22. The first kappa shape index (κ1) is 12.3. The summed E-state index contributed by atoms with van der Waals surface area (Å²) in [5, 5.41) is 6.21. The second kappa shape index (κ2) is 5.46. The summed E-state index contributed by atoms with van der Waals surface area (Å²) in [6.07, 6.45) is 1.74. The van der Waals surface area contributed by atoms with Gasteiger partial charge >= 0.3 is 0 Å². The minimum atomic E-state index is 0.609. The van der Waals surface area contributed by atoms with Crippen LogP contribution in [0.15, 0.2) is 22.8 Å². The van der Waals surface area contributed by atoms with Crippen LogP contribution in [0.2, 0.25) is 0 Å². The highest BCUT2D eigenvalue weighted by Gasteiger charge is 2.04. The molecule has 0 aliphatic heterocycles. The molecule has 90 valence electrons. The van der Waals surface area contributed by atoms with E-state index in [9.17, 15) is 0 Å². The van der Waals surface area contributed by atoms with Crippen molar-refractivity contribution >= 4 is 39.0 Å². The van der Waals surface area contributed by atoms with Gasteiger partial charge in [-0.2, -0.15) is 4.98 Å². The molecular formula is C11H13BrN4S. The third-order valence-electron chi connectivity index (χ3n) is 2.19. The van der Waals surface area contributed by atoms with Crippen LogP contribution in [0, 0.1) is 6.92 Å². The van der Waals surface area contributed by atoms with Gasteiger partial charge < -0.3 is 10.6 Å². The van der Waals surface area contributed by atoms with E-state index in [2.05, 4.69) is 55.6 Å². The number of rotatable bonds is 4. The number of nitrogens with one attached hydrogen (secondary N) is 2. The number of nitrogens with zero attached hydrogens (tertiary/aromatic N) is 2. The molecule has 2 heterocycles. The zero-order valence-electron chi connectivity index (χ0n) is 9.62. The van der Waals surface area contributed by atoms with E-state index in [1.807, 2.05) is 0 Å². The molecule has 2 aromatic heterocycles. The summed E-state index contributed by atoms with van der Waals surface area (Å²) in [7, 11) is 1.80. The Morgan fingerprint density at radius 1 is 1.41 bits per heavy atom. The first-order chi connectivity index (χ1) is 8.19. The minimum Gasteiger partial charge on any atom is -0.364 e. The smallest absolute Gasteiger partial charge is 0.224 e. The van der Waals surface area contributed by atoms with Gasteiger partial charge in [-0.1, -0.05) is 0 Å². The number of halogens is 1. The van der Waals surface area contributed by atoms with Gasteiger partial charge in [-0.05, 0) is 35.0 Å². The van der Waals surface area contributed by atoms with Crippen molar-refractivity contribution in [1.29, 1.82) is 0 Å². The average Bonchev–Trinajstić information content (AvgIpc) is 2.74. The van der Waals surface area contributed by atoms with Gasteiger partial charge in [-0.25, -0.2) is 4.98 Å². The second-order valence-electron chi connectivity index (χ2n) is 3.51. The van der Waals surface area contributed by atoms with Crippen molar-refractivity contribution in [2.24, 2.45) is 0 Å². The summed E-state index contributed by atoms with van der Waals surface area (Å²) in [5.41, 5.74) is 0. The standard InChI is InChI=1S/C11H13BrN4S/c1-7-3-4-8(17-7)5-14-10-9(12)6-15-11(13-2)16-10/h3-4,6H,5H2,1-2H3,(H2,13,14,15,16). The molecule has 0 aliphatic rings. The number of aromatic nitrogens is 2. The summed E-state index contributed by atoms with van der Waals surface area (Å²) < 4.78 is 0.866. The van der Waals surface area contributed by atoms with E-state index in [0.29, 0.717) is 5.95 Å². The maximum absolute atomic E-state index is 4.34. The number of aryl methyl sites for hydroxylation is 1. The predicted octanol–water partition coefficient (Wildman–Crippen LogP) is 3.26. The lowest BCUT2D eigenvalue weighted by atomic mass is 10.4. The zero-order valence-corrected chi connectivity index (χ0v) is 12.0. The minimum absolute atomic E-state index is 0.609. The van der Waals surface area contributed by atoms with Gasteiger partial charge in [-0.3, -0.25) is 0 Å². The number of hydrogen-bond donors (Lipinski definition) is 2. The molecule has 17 heavy (non-hydrogen) atoms. The molecular weight excluding hydrogens is 300 g/mol. The van der Waals surface area contributed by atoms with Gasteiger partial charge in [0.15, 0.2) is 0 Å². The Bertz CT molecular complexity index is 512. The van der Waals surface area contributed by atoms with E-state index in [1.165, 1.54) is 9.75 Å². The molecule has 6 heteroatoms. The van der Waals surface area contributed by atoms with E-state index in [-0.39, 0.29) is 0 Å². The topological polar surface area (TPSA) is 49.8 Å². The Balaban J connectivity index is 2.07. The zero-order chi connectivity index (χ0) is 12.3. The predicted molar refractivity (Wildman–Crippen MR) is 75.7 cm³/mol. The number of thiophene rings is 1. The van der Waals surface area contributed by atoms with E-state index in [4.69, 9.17) is 0 Å². The monoisotopic (exact) mass is 312 g/mol. The molecule has 0 aliphatic carbocycles. The molecule has 2 N–H and O–H groups in total. The fourth-order valence-electron chi connectivity index (χ4n) is 1.36. The van der Waals surface area contributed by atoms with E-state index < -0.39 is 0 Å². The lowest BCUT2D eigenvalue weighted by Crippen LogP contribution is -2.04. The van der Waals surface area contributed by atoms with Gasteiger partial charge in [0, 0.05) is 23.0 Å². The number of hydrogen-bond acceptors (Lipinski definition) is 5. The summed E-state index contributed by atoms with van der Waals surface area (Å²) >= 11 is 5.21. The average molecular weight is 313 g/mol. The van der Waals surface area contributed by atoms with Crippen molar-refractivity contribution in [3.05, 3.63) is 32.6 Å². The molecule has 0 radical (unpaired) electrons. The molecule has 0 aromatic carbocycles.